The summed E-state index contributed by atoms with van der Waals surface area (Å²) in [5, 5.41) is 13.5. The fraction of sp³-hybridized carbons (Fsp3) is 0.222. The Morgan fingerprint density at radius 3 is 2.65 bits per heavy atom. The van der Waals surface area contributed by atoms with Crippen molar-refractivity contribution in [1.82, 2.24) is 0 Å². The number of aryl methyl sites for hydroxylation is 1. The maximum atomic E-state index is 12.4. The van der Waals surface area contributed by atoms with Gasteiger partial charge in [-0.25, -0.2) is 0 Å². The summed E-state index contributed by atoms with van der Waals surface area (Å²) in [5.74, 6) is -0.468. The number of non-ortho nitro benzene ring substituents is 1. The summed E-state index contributed by atoms with van der Waals surface area (Å²) in [7, 11) is 0. The standard InChI is InChI=1S/C18H16ClN3O4/c1-11(23)21-8-2-3-12-9-13(4-7-17(12)21)20-18(24)15-6-5-14(22(25)26)10-16(15)19/h4-7,9-10H,2-3,8H2,1H3,(H,20,24). The molecule has 1 aliphatic rings. The number of benzene rings is 2. The number of fused-ring (bicyclic) bond motifs is 1. The van der Waals surface area contributed by atoms with Crippen LogP contribution in [0.15, 0.2) is 36.4 Å². The summed E-state index contributed by atoms with van der Waals surface area (Å²) >= 11 is 5.99. The number of nitrogens with one attached hydrogen (secondary N) is 1. The Morgan fingerprint density at radius 1 is 1.23 bits per heavy atom. The number of carbonyl (C=O) groups is 2. The van der Waals surface area contributed by atoms with Crippen LogP contribution in [0.5, 0.6) is 0 Å². The van der Waals surface area contributed by atoms with E-state index in [4.69, 9.17) is 11.6 Å². The molecule has 1 aliphatic heterocycles. The van der Waals surface area contributed by atoms with Crippen molar-refractivity contribution in [3.05, 3.63) is 62.7 Å². The molecule has 8 heteroatoms. The van der Waals surface area contributed by atoms with Crippen molar-refractivity contribution in [1.29, 1.82) is 0 Å². The van der Waals surface area contributed by atoms with E-state index in [1.807, 2.05) is 12.1 Å². The Labute approximate surface area is 154 Å². The van der Waals surface area contributed by atoms with E-state index in [-0.39, 0.29) is 22.2 Å². The molecule has 2 aromatic rings. The first-order valence-electron chi connectivity index (χ1n) is 8.03. The van der Waals surface area contributed by atoms with E-state index in [2.05, 4.69) is 5.32 Å². The number of rotatable bonds is 3. The van der Waals surface area contributed by atoms with E-state index >= 15 is 0 Å². The fourth-order valence-corrected chi connectivity index (χ4v) is 3.26. The largest absolute Gasteiger partial charge is 0.322 e. The van der Waals surface area contributed by atoms with Crippen LogP contribution in [0, 0.1) is 10.1 Å². The average Bonchev–Trinajstić information content (AvgIpc) is 2.60. The number of anilines is 2. The molecule has 1 heterocycles. The van der Waals surface area contributed by atoms with Crippen LogP contribution in [0.3, 0.4) is 0 Å². The normalized spacial score (nSPS) is 13.1. The molecule has 0 saturated heterocycles. The topological polar surface area (TPSA) is 92.6 Å². The minimum Gasteiger partial charge on any atom is -0.322 e. The third kappa shape index (κ3) is 3.52. The van der Waals surface area contributed by atoms with Crippen molar-refractivity contribution in [2.24, 2.45) is 0 Å². The van der Waals surface area contributed by atoms with Gasteiger partial charge in [-0.05, 0) is 42.7 Å². The second-order valence-corrected chi connectivity index (χ2v) is 6.40. The van der Waals surface area contributed by atoms with Gasteiger partial charge in [0.2, 0.25) is 5.91 Å². The van der Waals surface area contributed by atoms with Crippen LogP contribution in [-0.4, -0.2) is 23.3 Å². The van der Waals surface area contributed by atoms with E-state index < -0.39 is 10.8 Å². The van der Waals surface area contributed by atoms with E-state index in [9.17, 15) is 19.7 Å². The maximum absolute atomic E-state index is 12.4. The third-order valence-electron chi connectivity index (χ3n) is 4.24. The predicted octanol–water partition coefficient (Wildman–Crippen LogP) is 3.80. The van der Waals surface area contributed by atoms with Gasteiger partial charge in [0.15, 0.2) is 0 Å². The molecule has 2 amide bonds. The molecule has 0 radical (unpaired) electrons. The number of nitro benzene ring substituents is 1. The van der Waals surface area contributed by atoms with E-state index in [0.717, 1.165) is 30.2 Å². The summed E-state index contributed by atoms with van der Waals surface area (Å²) in [6.07, 6.45) is 1.68. The van der Waals surface area contributed by atoms with E-state index in [1.54, 1.807) is 11.0 Å². The zero-order chi connectivity index (χ0) is 18.8. The summed E-state index contributed by atoms with van der Waals surface area (Å²) < 4.78 is 0. The SMILES string of the molecule is CC(=O)N1CCCc2cc(NC(=O)c3ccc([N+](=O)[O-])cc3Cl)ccc21. The van der Waals surface area contributed by atoms with Gasteiger partial charge < -0.3 is 10.2 Å². The van der Waals surface area contributed by atoms with Gasteiger partial charge in [0.05, 0.1) is 15.5 Å². The highest BCUT2D eigenvalue weighted by Crippen LogP contribution is 2.30. The molecule has 0 spiro atoms. The first-order valence-corrected chi connectivity index (χ1v) is 8.41. The Kier molecular flexibility index (Phi) is 4.90. The molecule has 0 saturated carbocycles. The minimum atomic E-state index is -0.572. The molecule has 3 rings (SSSR count). The quantitative estimate of drug-likeness (QED) is 0.654. The van der Waals surface area contributed by atoms with Gasteiger partial charge in [-0.2, -0.15) is 0 Å². The molecule has 0 unspecified atom stereocenters. The van der Waals surface area contributed by atoms with Crippen LogP contribution in [0.4, 0.5) is 17.1 Å². The van der Waals surface area contributed by atoms with Gasteiger partial charge in [0, 0.05) is 37.0 Å². The number of hydrogen-bond donors (Lipinski definition) is 1. The molecule has 26 heavy (non-hydrogen) atoms. The average molecular weight is 374 g/mol. The zero-order valence-corrected chi connectivity index (χ0v) is 14.7. The molecule has 0 bridgehead atoms. The first kappa shape index (κ1) is 17.9. The second kappa shape index (κ2) is 7.13. The van der Waals surface area contributed by atoms with Crippen LogP contribution in [0.1, 0.15) is 29.3 Å². The molecule has 134 valence electrons. The number of carbonyl (C=O) groups excluding carboxylic acids is 2. The van der Waals surface area contributed by atoms with E-state index in [0.29, 0.717) is 12.2 Å². The molecule has 0 aromatic heterocycles. The highest BCUT2D eigenvalue weighted by molar-refractivity contribution is 6.34. The molecular weight excluding hydrogens is 358 g/mol. The van der Waals surface area contributed by atoms with Crippen molar-refractivity contribution in [2.75, 3.05) is 16.8 Å². The van der Waals surface area contributed by atoms with Gasteiger partial charge in [-0.15, -0.1) is 0 Å². The van der Waals surface area contributed by atoms with Crippen LogP contribution in [-0.2, 0) is 11.2 Å². The predicted molar refractivity (Wildman–Crippen MR) is 98.8 cm³/mol. The summed E-state index contributed by atoms with van der Waals surface area (Å²) in [5.41, 5.74) is 2.40. The Balaban J connectivity index is 1.82. The fourth-order valence-electron chi connectivity index (χ4n) is 3.00. The number of hydrogen-bond acceptors (Lipinski definition) is 4. The number of amides is 2. The lowest BCUT2D eigenvalue weighted by Gasteiger charge is -2.29. The van der Waals surface area contributed by atoms with Crippen molar-refractivity contribution >= 4 is 40.5 Å². The van der Waals surface area contributed by atoms with Crippen LogP contribution in [0.2, 0.25) is 5.02 Å². The monoisotopic (exact) mass is 373 g/mol. The Morgan fingerprint density at radius 2 is 2.00 bits per heavy atom. The highest BCUT2D eigenvalue weighted by Gasteiger charge is 2.21. The summed E-state index contributed by atoms with van der Waals surface area (Å²) in [4.78, 5) is 36.0. The first-order chi connectivity index (χ1) is 12.4. The molecule has 0 fully saturated rings. The van der Waals surface area contributed by atoms with Gasteiger partial charge in [0.1, 0.15) is 0 Å². The van der Waals surface area contributed by atoms with Crippen molar-refractivity contribution in [2.45, 2.75) is 19.8 Å². The van der Waals surface area contributed by atoms with Gasteiger partial charge in [-0.1, -0.05) is 11.6 Å². The maximum Gasteiger partial charge on any atom is 0.270 e. The minimum absolute atomic E-state index is 0.0115. The number of nitrogens with zero attached hydrogens (tertiary/aromatic N) is 2. The lowest BCUT2D eigenvalue weighted by atomic mass is 10.0. The van der Waals surface area contributed by atoms with Crippen molar-refractivity contribution in [3.8, 4) is 0 Å². The second-order valence-electron chi connectivity index (χ2n) is 5.99. The highest BCUT2D eigenvalue weighted by atomic mass is 35.5. The molecular formula is C18H16ClN3O4. The van der Waals surface area contributed by atoms with Crippen molar-refractivity contribution < 1.29 is 14.5 Å². The Bertz CT molecular complexity index is 913. The summed E-state index contributed by atoms with van der Waals surface area (Å²) in [6.45, 7) is 2.22. The molecule has 7 nitrogen and oxygen atoms in total. The van der Waals surface area contributed by atoms with Crippen LogP contribution in [0.25, 0.3) is 0 Å². The van der Waals surface area contributed by atoms with Crippen LogP contribution < -0.4 is 10.2 Å². The third-order valence-corrected chi connectivity index (χ3v) is 4.56. The molecule has 1 N–H and O–H groups in total. The van der Waals surface area contributed by atoms with Gasteiger partial charge >= 0.3 is 0 Å². The molecule has 2 aromatic carbocycles. The van der Waals surface area contributed by atoms with Crippen molar-refractivity contribution in [3.63, 3.8) is 0 Å². The lowest BCUT2D eigenvalue weighted by molar-refractivity contribution is -0.384. The van der Waals surface area contributed by atoms with Gasteiger partial charge in [0.25, 0.3) is 11.6 Å². The smallest absolute Gasteiger partial charge is 0.270 e. The molecule has 0 atom stereocenters. The Hall–Kier alpha value is -2.93. The van der Waals surface area contributed by atoms with Crippen LogP contribution >= 0.6 is 11.6 Å². The zero-order valence-electron chi connectivity index (χ0n) is 14.0. The number of halogens is 1. The van der Waals surface area contributed by atoms with E-state index in [1.165, 1.54) is 19.1 Å². The lowest BCUT2D eigenvalue weighted by Crippen LogP contribution is -2.33. The number of nitro groups is 1. The molecule has 0 aliphatic carbocycles. The van der Waals surface area contributed by atoms with Gasteiger partial charge in [-0.3, -0.25) is 19.7 Å². The summed E-state index contributed by atoms with van der Waals surface area (Å²) in [6, 6.07) is 9.07.